The van der Waals surface area contributed by atoms with Crippen LogP contribution >= 0.6 is 0 Å². The fourth-order valence-electron chi connectivity index (χ4n) is 2.04. The summed E-state index contributed by atoms with van der Waals surface area (Å²) in [6.45, 7) is 3.90. The second-order valence-corrected chi connectivity index (χ2v) is 4.45. The summed E-state index contributed by atoms with van der Waals surface area (Å²) < 4.78 is 6.51. The molecule has 1 aromatic heterocycles. The van der Waals surface area contributed by atoms with Gasteiger partial charge in [-0.15, -0.1) is 0 Å². The summed E-state index contributed by atoms with van der Waals surface area (Å²) >= 11 is 0. The molecule has 106 valence electrons. The van der Waals surface area contributed by atoms with E-state index in [1.807, 2.05) is 6.92 Å². The van der Waals surface area contributed by atoms with Gasteiger partial charge in [0.1, 0.15) is 0 Å². The topological polar surface area (TPSA) is 87.3 Å². The van der Waals surface area contributed by atoms with Crippen LogP contribution in [0.3, 0.4) is 0 Å². The van der Waals surface area contributed by atoms with E-state index >= 15 is 0 Å². The maximum atomic E-state index is 11.5. The number of benzene rings is 1. The van der Waals surface area contributed by atoms with E-state index in [9.17, 15) is 14.9 Å². The van der Waals surface area contributed by atoms with Crippen LogP contribution in [-0.4, -0.2) is 27.3 Å². The van der Waals surface area contributed by atoms with Gasteiger partial charge in [-0.3, -0.25) is 19.6 Å². The number of non-ortho nitro benzene ring substituents is 1. The number of rotatable bonds is 5. The fraction of sp³-hybridized carbons (Fsp3) is 0.385. The normalized spacial score (nSPS) is 12.3. The number of fused-ring (bicyclic) bond motifs is 1. The number of carbonyl (C=O) groups excluding carboxylic acids is 1. The van der Waals surface area contributed by atoms with Crippen molar-refractivity contribution in [3.05, 3.63) is 34.5 Å². The Labute approximate surface area is 115 Å². The summed E-state index contributed by atoms with van der Waals surface area (Å²) in [5, 5.41) is 15.8. The van der Waals surface area contributed by atoms with Crippen molar-refractivity contribution in [1.82, 2.24) is 9.78 Å². The third kappa shape index (κ3) is 2.76. The van der Waals surface area contributed by atoms with E-state index in [-0.39, 0.29) is 24.1 Å². The molecule has 0 saturated carbocycles. The average Bonchev–Trinajstić information content (AvgIpc) is 2.81. The highest BCUT2D eigenvalue weighted by molar-refractivity contribution is 5.81. The van der Waals surface area contributed by atoms with Gasteiger partial charge in [0, 0.05) is 17.5 Å². The molecule has 0 aliphatic heterocycles. The summed E-state index contributed by atoms with van der Waals surface area (Å²) in [6, 6.07) is 4.32. The lowest BCUT2D eigenvalue weighted by molar-refractivity contribution is -0.384. The van der Waals surface area contributed by atoms with Crippen molar-refractivity contribution in [2.75, 3.05) is 6.61 Å². The molecule has 0 aliphatic rings. The molecule has 7 nitrogen and oxygen atoms in total. The van der Waals surface area contributed by atoms with Gasteiger partial charge in [-0.2, -0.15) is 5.10 Å². The first kappa shape index (κ1) is 14.0. The van der Waals surface area contributed by atoms with Crippen molar-refractivity contribution in [2.45, 2.75) is 26.3 Å². The Morgan fingerprint density at radius 3 is 2.95 bits per heavy atom. The molecular formula is C13H15N3O4. The molecule has 0 bridgehead atoms. The molecule has 0 saturated heterocycles. The molecule has 0 amide bonds. The Hall–Kier alpha value is -2.44. The molecule has 0 aliphatic carbocycles. The largest absolute Gasteiger partial charge is 0.466 e. The molecule has 1 unspecified atom stereocenters. The summed E-state index contributed by atoms with van der Waals surface area (Å²) in [4.78, 5) is 21.8. The van der Waals surface area contributed by atoms with Crippen LogP contribution in [0.25, 0.3) is 10.9 Å². The lowest BCUT2D eigenvalue weighted by atomic mass is 10.2. The molecule has 0 spiro atoms. The first-order valence-electron chi connectivity index (χ1n) is 6.30. The molecule has 1 aromatic carbocycles. The van der Waals surface area contributed by atoms with Crippen LogP contribution in [0.4, 0.5) is 5.69 Å². The van der Waals surface area contributed by atoms with Crippen molar-refractivity contribution >= 4 is 22.6 Å². The zero-order chi connectivity index (χ0) is 14.7. The average molecular weight is 277 g/mol. The van der Waals surface area contributed by atoms with Gasteiger partial charge in [0.2, 0.25) is 0 Å². The molecule has 0 fully saturated rings. The van der Waals surface area contributed by atoms with Gasteiger partial charge in [-0.1, -0.05) is 0 Å². The van der Waals surface area contributed by atoms with Gasteiger partial charge in [-0.25, -0.2) is 0 Å². The molecule has 2 aromatic rings. The van der Waals surface area contributed by atoms with Crippen molar-refractivity contribution in [2.24, 2.45) is 0 Å². The summed E-state index contributed by atoms with van der Waals surface area (Å²) in [7, 11) is 0. The number of nitrogens with zero attached hydrogens (tertiary/aromatic N) is 3. The van der Waals surface area contributed by atoms with E-state index in [0.717, 1.165) is 5.39 Å². The lowest BCUT2D eigenvalue weighted by Gasteiger charge is -2.12. The molecule has 0 radical (unpaired) electrons. The van der Waals surface area contributed by atoms with Crippen molar-refractivity contribution in [3.8, 4) is 0 Å². The van der Waals surface area contributed by atoms with Gasteiger partial charge in [-0.05, 0) is 19.9 Å². The Morgan fingerprint density at radius 1 is 1.55 bits per heavy atom. The molecule has 1 heterocycles. The summed E-state index contributed by atoms with van der Waals surface area (Å²) in [6.07, 6.45) is 1.80. The Bertz CT molecular complexity index is 650. The Morgan fingerprint density at radius 2 is 2.30 bits per heavy atom. The minimum absolute atomic E-state index is 0.00239. The predicted molar refractivity (Wildman–Crippen MR) is 72.3 cm³/mol. The molecule has 20 heavy (non-hydrogen) atoms. The van der Waals surface area contributed by atoms with Crippen LogP contribution in [0.5, 0.6) is 0 Å². The van der Waals surface area contributed by atoms with Crippen molar-refractivity contribution < 1.29 is 14.5 Å². The zero-order valence-corrected chi connectivity index (χ0v) is 11.3. The quantitative estimate of drug-likeness (QED) is 0.476. The van der Waals surface area contributed by atoms with Crippen LogP contribution in [0.15, 0.2) is 24.4 Å². The third-order valence-electron chi connectivity index (χ3n) is 2.98. The van der Waals surface area contributed by atoms with Crippen LogP contribution in [0.1, 0.15) is 26.3 Å². The highest BCUT2D eigenvalue weighted by Gasteiger charge is 2.16. The zero-order valence-electron chi connectivity index (χ0n) is 11.3. The minimum Gasteiger partial charge on any atom is -0.466 e. The fourth-order valence-corrected chi connectivity index (χ4v) is 2.04. The Balaban J connectivity index is 2.31. The van der Waals surface area contributed by atoms with Crippen LogP contribution in [-0.2, 0) is 9.53 Å². The molecule has 7 heteroatoms. The maximum absolute atomic E-state index is 11.5. The van der Waals surface area contributed by atoms with Crippen LogP contribution in [0, 0.1) is 10.1 Å². The van der Waals surface area contributed by atoms with Gasteiger partial charge in [0.15, 0.2) is 0 Å². The number of esters is 1. The monoisotopic (exact) mass is 277 g/mol. The number of carbonyl (C=O) groups is 1. The lowest BCUT2D eigenvalue weighted by Crippen LogP contribution is -2.14. The number of nitro groups is 1. The molecule has 0 N–H and O–H groups in total. The van der Waals surface area contributed by atoms with Gasteiger partial charge < -0.3 is 4.74 Å². The SMILES string of the molecule is CCOC(=O)CC(C)n1ncc2ccc([N+](=O)[O-])cc21. The Kier molecular flexibility index (Phi) is 3.97. The van der Waals surface area contributed by atoms with E-state index in [1.54, 1.807) is 23.9 Å². The predicted octanol–water partition coefficient (Wildman–Crippen LogP) is 2.46. The van der Waals surface area contributed by atoms with E-state index < -0.39 is 4.92 Å². The number of aromatic nitrogens is 2. The standard InChI is InChI=1S/C13H15N3O4/c1-3-20-13(17)6-9(2)15-12-7-11(16(18)19)5-4-10(12)8-14-15/h4-5,7-9H,3,6H2,1-2H3. The summed E-state index contributed by atoms with van der Waals surface area (Å²) in [5.41, 5.74) is 0.638. The number of nitro benzene ring substituents is 1. The highest BCUT2D eigenvalue weighted by Crippen LogP contribution is 2.24. The number of hydrogen-bond donors (Lipinski definition) is 0. The van der Waals surface area contributed by atoms with Gasteiger partial charge in [0.25, 0.3) is 5.69 Å². The second kappa shape index (κ2) is 5.68. The number of ether oxygens (including phenoxy) is 1. The van der Waals surface area contributed by atoms with E-state index in [1.165, 1.54) is 12.1 Å². The van der Waals surface area contributed by atoms with Crippen molar-refractivity contribution in [3.63, 3.8) is 0 Å². The van der Waals surface area contributed by atoms with Crippen molar-refractivity contribution in [1.29, 1.82) is 0 Å². The summed E-state index contributed by atoms with van der Waals surface area (Å²) in [5.74, 6) is -0.311. The van der Waals surface area contributed by atoms with Gasteiger partial charge in [0.05, 0.1) is 35.7 Å². The van der Waals surface area contributed by atoms with Crippen LogP contribution in [0.2, 0.25) is 0 Å². The maximum Gasteiger partial charge on any atom is 0.307 e. The second-order valence-electron chi connectivity index (χ2n) is 4.45. The van der Waals surface area contributed by atoms with Gasteiger partial charge >= 0.3 is 5.97 Å². The minimum atomic E-state index is -0.452. The molecular weight excluding hydrogens is 262 g/mol. The first-order chi connectivity index (χ1) is 9.52. The smallest absolute Gasteiger partial charge is 0.307 e. The molecule has 1 atom stereocenters. The number of hydrogen-bond acceptors (Lipinski definition) is 5. The third-order valence-corrected chi connectivity index (χ3v) is 2.98. The van der Waals surface area contributed by atoms with Crippen LogP contribution < -0.4 is 0 Å². The first-order valence-corrected chi connectivity index (χ1v) is 6.30. The molecule has 2 rings (SSSR count). The highest BCUT2D eigenvalue weighted by atomic mass is 16.6. The van der Waals surface area contributed by atoms with E-state index in [0.29, 0.717) is 12.1 Å². The van der Waals surface area contributed by atoms with E-state index in [2.05, 4.69) is 5.10 Å². The van der Waals surface area contributed by atoms with E-state index in [4.69, 9.17) is 4.74 Å².